The molecule has 2 aromatic heterocycles. The van der Waals surface area contributed by atoms with E-state index in [0.29, 0.717) is 36.8 Å². The molecule has 170 valence electrons. The van der Waals surface area contributed by atoms with Gasteiger partial charge in [0.05, 0.1) is 11.0 Å². The number of aromatic nitrogens is 2. The van der Waals surface area contributed by atoms with Crippen molar-refractivity contribution >= 4 is 33.4 Å². The van der Waals surface area contributed by atoms with Gasteiger partial charge in [0.25, 0.3) is 0 Å². The number of hydrogen-bond acceptors (Lipinski definition) is 4. The first kappa shape index (κ1) is 22.6. The molecule has 1 atom stereocenters. The molecule has 0 fully saturated rings. The van der Waals surface area contributed by atoms with E-state index in [1.165, 1.54) is 24.3 Å². The average Bonchev–Trinajstić information content (AvgIpc) is 2.80. The number of fused-ring (bicyclic) bond motifs is 2. The van der Waals surface area contributed by atoms with Crippen molar-refractivity contribution < 1.29 is 13.6 Å². The van der Waals surface area contributed by atoms with Gasteiger partial charge in [-0.15, -0.1) is 0 Å². The van der Waals surface area contributed by atoms with Crippen LogP contribution < -0.4 is 5.32 Å². The molecule has 33 heavy (non-hydrogen) atoms. The van der Waals surface area contributed by atoms with Crippen molar-refractivity contribution in [1.82, 2.24) is 14.9 Å². The lowest BCUT2D eigenvalue weighted by Gasteiger charge is -2.21. The van der Waals surface area contributed by atoms with Gasteiger partial charge in [0.15, 0.2) is 0 Å². The zero-order valence-corrected chi connectivity index (χ0v) is 18.7. The Bertz CT molecular complexity index is 1290. The normalized spacial score (nSPS) is 12.1. The fraction of sp³-hybridized carbons (Fsp3) is 0.269. The molecular formula is C26H26F2N4O. The molecule has 0 aliphatic carbocycles. The Kier molecular flexibility index (Phi) is 6.77. The summed E-state index contributed by atoms with van der Waals surface area (Å²) < 4.78 is 27.1. The molecule has 2 aromatic carbocycles. The molecule has 5 nitrogen and oxygen atoms in total. The lowest BCUT2D eigenvalue weighted by atomic mass is 9.94. The third kappa shape index (κ3) is 5.25. The maximum atomic E-state index is 13.6. The molecule has 7 heteroatoms. The summed E-state index contributed by atoms with van der Waals surface area (Å²) in [5.41, 5.74) is 3.11. The molecule has 0 aliphatic rings. The quantitative estimate of drug-likeness (QED) is 0.403. The van der Waals surface area contributed by atoms with Crippen molar-refractivity contribution in [2.75, 3.05) is 26.0 Å². The zero-order chi connectivity index (χ0) is 23.4. The SMILES string of the molecule is CN(C)C(=O)[C@@H](CCNc1ccnc2cc(F)ccc12)CCc1ccnc2cc(F)ccc12. The Hall–Kier alpha value is -3.61. The van der Waals surface area contributed by atoms with Crippen molar-refractivity contribution in [3.8, 4) is 0 Å². The molecule has 0 radical (unpaired) electrons. The highest BCUT2D eigenvalue weighted by atomic mass is 19.1. The van der Waals surface area contributed by atoms with Crippen LogP contribution in [0.1, 0.15) is 18.4 Å². The highest BCUT2D eigenvalue weighted by Gasteiger charge is 2.20. The van der Waals surface area contributed by atoms with E-state index in [0.717, 1.165) is 22.0 Å². The van der Waals surface area contributed by atoms with E-state index in [2.05, 4.69) is 15.3 Å². The van der Waals surface area contributed by atoms with Crippen molar-refractivity contribution in [3.63, 3.8) is 0 Å². The van der Waals surface area contributed by atoms with Crippen LogP contribution in [0, 0.1) is 17.6 Å². The van der Waals surface area contributed by atoms with E-state index < -0.39 is 0 Å². The Morgan fingerprint density at radius 3 is 2.24 bits per heavy atom. The van der Waals surface area contributed by atoms with E-state index in [1.807, 2.05) is 12.1 Å². The molecule has 0 saturated heterocycles. The predicted molar refractivity (Wildman–Crippen MR) is 127 cm³/mol. The standard InChI is InChI=1S/C26H26F2N4O/c1-32(2)26(33)18(4-3-17-9-12-30-24-15-19(27)5-7-21(17)24)10-13-29-23-11-14-31-25-16-20(28)6-8-22(23)25/h5-9,11-12,14-16,18H,3-4,10,13H2,1-2H3,(H,29,31)/t18-/m1/s1. The number of hydrogen-bond donors (Lipinski definition) is 1. The van der Waals surface area contributed by atoms with Crippen LogP contribution in [0.5, 0.6) is 0 Å². The summed E-state index contributed by atoms with van der Waals surface area (Å²) in [7, 11) is 3.52. The van der Waals surface area contributed by atoms with Gasteiger partial charge in [-0.2, -0.15) is 0 Å². The van der Waals surface area contributed by atoms with Crippen LogP contribution in [-0.4, -0.2) is 41.4 Å². The second-order valence-corrected chi connectivity index (χ2v) is 8.34. The average molecular weight is 449 g/mol. The minimum Gasteiger partial charge on any atom is -0.384 e. The Labute approximate surface area is 191 Å². The molecule has 1 N–H and O–H groups in total. The summed E-state index contributed by atoms with van der Waals surface area (Å²) in [4.78, 5) is 22.9. The number of benzene rings is 2. The molecule has 0 aliphatic heterocycles. The largest absolute Gasteiger partial charge is 0.384 e. The van der Waals surface area contributed by atoms with Gasteiger partial charge >= 0.3 is 0 Å². The number of aryl methyl sites for hydroxylation is 1. The zero-order valence-electron chi connectivity index (χ0n) is 18.7. The summed E-state index contributed by atoms with van der Waals surface area (Å²) in [6.45, 7) is 0.586. The topological polar surface area (TPSA) is 58.1 Å². The van der Waals surface area contributed by atoms with Crippen LogP contribution in [0.2, 0.25) is 0 Å². The number of carbonyl (C=O) groups excluding carboxylic acids is 1. The first-order valence-electron chi connectivity index (χ1n) is 10.9. The maximum Gasteiger partial charge on any atom is 0.225 e. The van der Waals surface area contributed by atoms with Gasteiger partial charge in [-0.25, -0.2) is 8.78 Å². The molecule has 2 heterocycles. The van der Waals surface area contributed by atoms with E-state index in [4.69, 9.17) is 0 Å². The van der Waals surface area contributed by atoms with Crippen LogP contribution in [0.3, 0.4) is 0 Å². The number of pyridine rings is 2. The molecule has 4 rings (SSSR count). The molecule has 0 unspecified atom stereocenters. The third-order valence-corrected chi connectivity index (χ3v) is 5.86. The number of rotatable bonds is 8. The molecular weight excluding hydrogens is 422 g/mol. The molecule has 4 aromatic rings. The fourth-order valence-corrected chi connectivity index (χ4v) is 4.14. The number of amides is 1. The lowest BCUT2D eigenvalue weighted by Crippen LogP contribution is -2.31. The molecule has 1 amide bonds. The van der Waals surface area contributed by atoms with Crippen molar-refractivity contribution in [2.45, 2.75) is 19.3 Å². The summed E-state index contributed by atoms with van der Waals surface area (Å²) in [6.07, 6.45) is 5.31. The minimum atomic E-state index is -0.324. The number of nitrogens with one attached hydrogen (secondary N) is 1. The van der Waals surface area contributed by atoms with Crippen LogP contribution >= 0.6 is 0 Å². The molecule has 0 spiro atoms. The van der Waals surface area contributed by atoms with E-state index in [9.17, 15) is 13.6 Å². The Morgan fingerprint density at radius 2 is 1.55 bits per heavy atom. The molecule has 0 bridgehead atoms. The van der Waals surface area contributed by atoms with E-state index >= 15 is 0 Å². The second kappa shape index (κ2) is 9.90. The lowest BCUT2D eigenvalue weighted by molar-refractivity contribution is -0.133. The van der Waals surface area contributed by atoms with Gasteiger partial charge in [-0.05, 0) is 61.2 Å². The van der Waals surface area contributed by atoms with Crippen LogP contribution in [0.15, 0.2) is 60.9 Å². The van der Waals surface area contributed by atoms with Gasteiger partial charge in [0, 0.05) is 67.5 Å². The Morgan fingerprint density at radius 1 is 0.909 bits per heavy atom. The van der Waals surface area contributed by atoms with Gasteiger partial charge in [0.1, 0.15) is 11.6 Å². The molecule has 0 saturated carbocycles. The van der Waals surface area contributed by atoms with Gasteiger partial charge in [-0.3, -0.25) is 14.8 Å². The smallest absolute Gasteiger partial charge is 0.225 e. The van der Waals surface area contributed by atoms with Crippen molar-refractivity contribution in [3.05, 3.63) is 78.1 Å². The second-order valence-electron chi connectivity index (χ2n) is 8.34. The van der Waals surface area contributed by atoms with Gasteiger partial charge in [-0.1, -0.05) is 0 Å². The summed E-state index contributed by atoms with van der Waals surface area (Å²) >= 11 is 0. The highest BCUT2D eigenvalue weighted by molar-refractivity contribution is 5.91. The van der Waals surface area contributed by atoms with Crippen LogP contribution in [0.4, 0.5) is 14.5 Å². The van der Waals surface area contributed by atoms with Crippen molar-refractivity contribution in [1.29, 1.82) is 0 Å². The van der Waals surface area contributed by atoms with E-state index in [-0.39, 0.29) is 23.5 Å². The third-order valence-electron chi connectivity index (χ3n) is 5.86. The van der Waals surface area contributed by atoms with Gasteiger partial charge < -0.3 is 10.2 Å². The number of halogens is 2. The maximum absolute atomic E-state index is 13.6. The first-order chi connectivity index (χ1) is 15.9. The monoisotopic (exact) mass is 448 g/mol. The van der Waals surface area contributed by atoms with Crippen molar-refractivity contribution in [2.24, 2.45) is 5.92 Å². The van der Waals surface area contributed by atoms with Crippen LogP contribution in [-0.2, 0) is 11.2 Å². The summed E-state index contributed by atoms with van der Waals surface area (Å²) in [5, 5.41) is 5.12. The van der Waals surface area contributed by atoms with Crippen LogP contribution in [0.25, 0.3) is 21.8 Å². The summed E-state index contributed by atoms with van der Waals surface area (Å²) in [5.74, 6) is -0.745. The predicted octanol–water partition coefficient (Wildman–Crippen LogP) is 5.20. The van der Waals surface area contributed by atoms with Gasteiger partial charge in [0.2, 0.25) is 5.91 Å². The number of nitrogens with zero attached hydrogens (tertiary/aromatic N) is 3. The number of anilines is 1. The highest BCUT2D eigenvalue weighted by Crippen LogP contribution is 2.24. The van der Waals surface area contributed by atoms with E-state index in [1.54, 1.807) is 43.5 Å². The fourth-order valence-electron chi connectivity index (χ4n) is 4.14. The Balaban J connectivity index is 1.46. The first-order valence-corrected chi connectivity index (χ1v) is 10.9. The minimum absolute atomic E-state index is 0.0721. The summed E-state index contributed by atoms with van der Waals surface area (Å²) in [6, 6.07) is 12.9. The number of carbonyl (C=O) groups is 1.